The molecule has 1 saturated heterocycles. The lowest BCUT2D eigenvalue weighted by molar-refractivity contribution is 0.238. The monoisotopic (exact) mass is 320 g/mol. The van der Waals surface area contributed by atoms with Gasteiger partial charge in [0, 0.05) is 18.1 Å². The fourth-order valence-corrected chi connectivity index (χ4v) is 3.73. The summed E-state index contributed by atoms with van der Waals surface area (Å²) < 4.78 is 40.5. The number of benzene rings is 1. The lowest BCUT2D eigenvalue weighted by atomic mass is 9.83. The molecule has 112 valence electrons. The summed E-state index contributed by atoms with van der Waals surface area (Å²) in [7, 11) is -3.86. The van der Waals surface area contributed by atoms with Crippen LogP contribution in [0.4, 0.5) is 4.39 Å². The predicted molar refractivity (Wildman–Crippen MR) is 76.8 cm³/mol. The first-order chi connectivity index (χ1) is 9.32. The van der Waals surface area contributed by atoms with E-state index in [2.05, 4.69) is 10.0 Å². The zero-order valence-corrected chi connectivity index (χ0v) is 12.8. The molecule has 20 heavy (non-hydrogen) atoms. The molecule has 0 radical (unpaired) electrons. The highest BCUT2D eigenvalue weighted by Gasteiger charge is 2.29. The Labute approximate surface area is 123 Å². The highest BCUT2D eigenvalue weighted by atomic mass is 35.5. The van der Waals surface area contributed by atoms with Crippen molar-refractivity contribution in [2.45, 2.75) is 24.7 Å². The third kappa shape index (κ3) is 3.69. The van der Waals surface area contributed by atoms with Gasteiger partial charge in [-0.05, 0) is 43.0 Å². The van der Waals surface area contributed by atoms with Crippen LogP contribution in [0.15, 0.2) is 23.1 Å². The van der Waals surface area contributed by atoms with E-state index in [-0.39, 0.29) is 21.9 Å². The third-order valence-electron chi connectivity index (χ3n) is 3.56. The molecule has 1 aliphatic rings. The molecule has 1 aromatic rings. The largest absolute Gasteiger partial charge is 0.316 e. The van der Waals surface area contributed by atoms with Crippen LogP contribution in [-0.4, -0.2) is 28.1 Å². The molecule has 0 spiro atoms. The van der Waals surface area contributed by atoms with Gasteiger partial charge in [-0.15, -0.1) is 0 Å². The summed E-state index contributed by atoms with van der Waals surface area (Å²) in [6.07, 6.45) is 1.94. The molecule has 0 amide bonds. The summed E-state index contributed by atoms with van der Waals surface area (Å²) in [4.78, 5) is -0.366. The van der Waals surface area contributed by atoms with Crippen LogP contribution >= 0.6 is 11.6 Å². The Morgan fingerprint density at radius 1 is 1.50 bits per heavy atom. The normalized spacial score (nSPS) is 23.8. The Hall–Kier alpha value is -0.690. The topological polar surface area (TPSA) is 58.2 Å². The van der Waals surface area contributed by atoms with Crippen LogP contribution in [0.5, 0.6) is 0 Å². The zero-order valence-electron chi connectivity index (χ0n) is 11.2. The maximum Gasteiger partial charge on any atom is 0.243 e. The van der Waals surface area contributed by atoms with Gasteiger partial charge >= 0.3 is 0 Å². The summed E-state index contributed by atoms with van der Waals surface area (Å²) in [6, 6.07) is 3.55. The van der Waals surface area contributed by atoms with Crippen molar-refractivity contribution in [1.82, 2.24) is 10.0 Å². The van der Waals surface area contributed by atoms with Crippen molar-refractivity contribution in [2.75, 3.05) is 19.6 Å². The van der Waals surface area contributed by atoms with E-state index >= 15 is 0 Å². The number of piperidine rings is 1. The number of hydrogen-bond donors (Lipinski definition) is 2. The molecule has 1 heterocycles. The van der Waals surface area contributed by atoms with Gasteiger partial charge in [0.1, 0.15) is 10.7 Å². The summed E-state index contributed by atoms with van der Waals surface area (Å²) in [5.74, 6) is -0.836. The lowest BCUT2D eigenvalue weighted by Gasteiger charge is -2.34. The highest BCUT2D eigenvalue weighted by molar-refractivity contribution is 7.89. The van der Waals surface area contributed by atoms with Crippen LogP contribution in [0.1, 0.15) is 19.8 Å². The summed E-state index contributed by atoms with van der Waals surface area (Å²) in [5, 5.41) is 3.42. The van der Waals surface area contributed by atoms with E-state index in [1.54, 1.807) is 0 Å². The predicted octanol–water partition coefficient (Wildman–Crippen LogP) is 2.15. The average Bonchev–Trinajstić information content (AvgIpc) is 2.37. The van der Waals surface area contributed by atoms with E-state index in [9.17, 15) is 12.8 Å². The van der Waals surface area contributed by atoms with E-state index < -0.39 is 15.8 Å². The molecule has 2 N–H and O–H groups in total. The number of halogens is 2. The molecule has 0 aromatic heterocycles. The van der Waals surface area contributed by atoms with E-state index in [1.807, 2.05) is 6.92 Å². The van der Waals surface area contributed by atoms with Crippen LogP contribution < -0.4 is 10.0 Å². The number of rotatable bonds is 4. The minimum atomic E-state index is -3.86. The Kier molecular flexibility index (Phi) is 4.69. The van der Waals surface area contributed by atoms with Crippen LogP contribution in [0.3, 0.4) is 0 Å². The SMILES string of the molecule is CC1(CNS(=O)(=O)c2ccc(Cl)cc2F)CCCNC1. The Balaban J connectivity index is 2.11. The number of sulfonamides is 1. The van der Waals surface area contributed by atoms with Crippen LogP contribution in [0, 0.1) is 11.2 Å². The van der Waals surface area contributed by atoms with Crippen molar-refractivity contribution in [3.63, 3.8) is 0 Å². The van der Waals surface area contributed by atoms with E-state index in [0.29, 0.717) is 0 Å². The lowest BCUT2D eigenvalue weighted by Crippen LogP contribution is -2.45. The van der Waals surface area contributed by atoms with Crippen LogP contribution in [-0.2, 0) is 10.0 Å². The standard InChI is InChI=1S/C13H18ClFN2O2S/c1-13(5-2-6-16-8-13)9-17-20(18,19)12-4-3-10(14)7-11(12)15/h3-4,7,16-17H,2,5-6,8-9H2,1H3. The van der Waals surface area contributed by atoms with Crippen molar-refractivity contribution in [3.05, 3.63) is 29.0 Å². The van der Waals surface area contributed by atoms with E-state index in [1.165, 1.54) is 12.1 Å². The Morgan fingerprint density at radius 2 is 2.25 bits per heavy atom. The minimum Gasteiger partial charge on any atom is -0.316 e. The zero-order chi connectivity index (χ0) is 14.8. The van der Waals surface area contributed by atoms with Crippen molar-refractivity contribution in [2.24, 2.45) is 5.41 Å². The van der Waals surface area contributed by atoms with Crippen molar-refractivity contribution in [3.8, 4) is 0 Å². The molecule has 1 aromatic carbocycles. The maximum absolute atomic E-state index is 13.7. The van der Waals surface area contributed by atoms with Crippen molar-refractivity contribution < 1.29 is 12.8 Å². The third-order valence-corrected chi connectivity index (χ3v) is 5.23. The second kappa shape index (κ2) is 5.97. The maximum atomic E-state index is 13.7. The van der Waals surface area contributed by atoms with Crippen molar-refractivity contribution in [1.29, 1.82) is 0 Å². The van der Waals surface area contributed by atoms with Crippen LogP contribution in [0.2, 0.25) is 5.02 Å². The molecule has 0 aliphatic carbocycles. The molecule has 0 bridgehead atoms. The number of hydrogen-bond acceptors (Lipinski definition) is 3. The fraction of sp³-hybridized carbons (Fsp3) is 0.538. The molecule has 1 fully saturated rings. The highest BCUT2D eigenvalue weighted by Crippen LogP contribution is 2.25. The molecule has 1 unspecified atom stereocenters. The average molecular weight is 321 g/mol. The van der Waals surface area contributed by atoms with E-state index in [0.717, 1.165) is 32.0 Å². The second-order valence-corrected chi connectivity index (χ2v) is 7.66. The second-order valence-electron chi connectivity index (χ2n) is 5.49. The Bertz CT molecular complexity index is 586. The number of nitrogens with one attached hydrogen (secondary N) is 2. The summed E-state index contributed by atoms with van der Waals surface area (Å²) in [6.45, 7) is 4.00. The van der Waals surface area contributed by atoms with Gasteiger partial charge < -0.3 is 5.32 Å². The molecule has 1 atom stereocenters. The first-order valence-corrected chi connectivity index (χ1v) is 8.34. The fourth-order valence-electron chi connectivity index (χ4n) is 2.31. The van der Waals surface area contributed by atoms with Crippen LogP contribution in [0.25, 0.3) is 0 Å². The quantitative estimate of drug-likeness (QED) is 0.893. The molecule has 1 aliphatic heterocycles. The molecule has 0 saturated carbocycles. The Morgan fingerprint density at radius 3 is 2.85 bits per heavy atom. The van der Waals surface area contributed by atoms with Gasteiger partial charge in [0.2, 0.25) is 10.0 Å². The van der Waals surface area contributed by atoms with Crippen molar-refractivity contribution >= 4 is 21.6 Å². The van der Waals surface area contributed by atoms with Gasteiger partial charge in [-0.2, -0.15) is 0 Å². The van der Waals surface area contributed by atoms with E-state index in [4.69, 9.17) is 11.6 Å². The molecule has 2 rings (SSSR count). The van der Waals surface area contributed by atoms with Gasteiger partial charge in [0.15, 0.2) is 0 Å². The first kappa shape index (κ1) is 15.7. The summed E-state index contributed by atoms with van der Waals surface area (Å²) >= 11 is 5.62. The first-order valence-electron chi connectivity index (χ1n) is 6.48. The molecular weight excluding hydrogens is 303 g/mol. The smallest absolute Gasteiger partial charge is 0.243 e. The molecular formula is C13H18ClFN2O2S. The van der Waals surface area contributed by atoms with Gasteiger partial charge in [-0.25, -0.2) is 17.5 Å². The molecule has 4 nitrogen and oxygen atoms in total. The molecule has 7 heteroatoms. The van der Waals surface area contributed by atoms with Gasteiger partial charge in [0.25, 0.3) is 0 Å². The van der Waals surface area contributed by atoms with Gasteiger partial charge in [-0.1, -0.05) is 18.5 Å². The van der Waals surface area contributed by atoms with Gasteiger partial charge in [-0.3, -0.25) is 0 Å². The van der Waals surface area contributed by atoms with Gasteiger partial charge in [0.05, 0.1) is 0 Å². The minimum absolute atomic E-state index is 0.145. The summed E-state index contributed by atoms with van der Waals surface area (Å²) in [5.41, 5.74) is -0.145.